The first-order valence-corrected chi connectivity index (χ1v) is 5.71. The van der Waals surface area contributed by atoms with Crippen molar-refractivity contribution in [3.8, 4) is 0 Å². The number of hydrogen-bond donors (Lipinski definition) is 2. The van der Waals surface area contributed by atoms with Crippen molar-refractivity contribution in [2.24, 2.45) is 0 Å². The SMILES string of the molecule is CNC(=O)c1cccc(C2CCNCC2)n1. The Labute approximate surface area is 95.5 Å². The third-order valence-corrected chi connectivity index (χ3v) is 2.99. The van der Waals surface area contributed by atoms with Gasteiger partial charge in [0.1, 0.15) is 5.69 Å². The zero-order chi connectivity index (χ0) is 11.4. The lowest BCUT2D eigenvalue weighted by Crippen LogP contribution is -2.27. The molecule has 1 fully saturated rings. The Morgan fingerprint density at radius 3 is 2.88 bits per heavy atom. The topological polar surface area (TPSA) is 54.0 Å². The normalized spacial score (nSPS) is 17.1. The van der Waals surface area contributed by atoms with E-state index >= 15 is 0 Å². The molecule has 0 bridgehead atoms. The number of carbonyl (C=O) groups is 1. The third-order valence-electron chi connectivity index (χ3n) is 2.99. The molecule has 1 saturated heterocycles. The van der Waals surface area contributed by atoms with Gasteiger partial charge in [-0.25, -0.2) is 4.98 Å². The van der Waals surface area contributed by atoms with Crippen LogP contribution in [0.15, 0.2) is 18.2 Å². The average Bonchev–Trinajstić information content (AvgIpc) is 2.39. The molecule has 16 heavy (non-hydrogen) atoms. The Kier molecular flexibility index (Phi) is 3.51. The number of amides is 1. The van der Waals surface area contributed by atoms with Crippen molar-refractivity contribution < 1.29 is 4.79 Å². The fraction of sp³-hybridized carbons (Fsp3) is 0.500. The van der Waals surface area contributed by atoms with Gasteiger partial charge in [-0.05, 0) is 38.1 Å². The minimum Gasteiger partial charge on any atom is -0.354 e. The summed E-state index contributed by atoms with van der Waals surface area (Å²) in [7, 11) is 1.63. The van der Waals surface area contributed by atoms with Crippen LogP contribution in [0.1, 0.15) is 34.9 Å². The Morgan fingerprint density at radius 1 is 1.44 bits per heavy atom. The molecule has 1 aromatic heterocycles. The maximum absolute atomic E-state index is 11.5. The summed E-state index contributed by atoms with van der Waals surface area (Å²) in [5.41, 5.74) is 1.56. The predicted octanol–water partition coefficient (Wildman–Crippen LogP) is 0.908. The van der Waals surface area contributed by atoms with Gasteiger partial charge in [0, 0.05) is 18.7 Å². The number of carbonyl (C=O) groups excluding carboxylic acids is 1. The van der Waals surface area contributed by atoms with Crippen molar-refractivity contribution in [1.82, 2.24) is 15.6 Å². The third kappa shape index (κ3) is 2.39. The largest absolute Gasteiger partial charge is 0.354 e. The first kappa shape index (κ1) is 11.1. The van der Waals surface area contributed by atoms with Crippen molar-refractivity contribution in [2.45, 2.75) is 18.8 Å². The fourth-order valence-electron chi connectivity index (χ4n) is 2.05. The van der Waals surface area contributed by atoms with Crippen LogP contribution in [0.4, 0.5) is 0 Å². The lowest BCUT2D eigenvalue weighted by Gasteiger charge is -2.22. The standard InChI is InChI=1S/C12H17N3O/c1-13-12(16)11-4-2-3-10(15-11)9-5-7-14-8-6-9/h2-4,9,14H,5-8H2,1H3,(H,13,16). The number of aromatic nitrogens is 1. The summed E-state index contributed by atoms with van der Waals surface area (Å²) >= 11 is 0. The van der Waals surface area contributed by atoms with Crippen LogP contribution in [0, 0.1) is 0 Å². The Balaban J connectivity index is 2.17. The zero-order valence-corrected chi connectivity index (χ0v) is 9.49. The van der Waals surface area contributed by atoms with Crippen LogP contribution in [0.5, 0.6) is 0 Å². The quantitative estimate of drug-likeness (QED) is 0.777. The van der Waals surface area contributed by atoms with Crippen molar-refractivity contribution >= 4 is 5.91 Å². The highest BCUT2D eigenvalue weighted by molar-refractivity contribution is 5.91. The number of hydrogen-bond acceptors (Lipinski definition) is 3. The molecule has 1 amide bonds. The van der Waals surface area contributed by atoms with E-state index in [0.717, 1.165) is 31.6 Å². The molecule has 0 aliphatic carbocycles. The number of pyridine rings is 1. The molecule has 1 aliphatic heterocycles. The second kappa shape index (κ2) is 5.07. The van der Waals surface area contributed by atoms with Crippen LogP contribution >= 0.6 is 0 Å². The Hall–Kier alpha value is -1.42. The van der Waals surface area contributed by atoms with Gasteiger partial charge in [-0.1, -0.05) is 6.07 Å². The molecule has 2 heterocycles. The van der Waals surface area contributed by atoms with Gasteiger partial charge >= 0.3 is 0 Å². The van der Waals surface area contributed by atoms with E-state index in [-0.39, 0.29) is 5.91 Å². The number of piperidine rings is 1. The van der Waals surface area contributed by atoms with Crippen LogP contribution < -0.4 is 10.6 Å². The van der Waals surface area contributed by atoms with Crippen molar-refractivity contribution in [2.75, 3.05) is 20.1 Å². The summed E-state index contributed by atoms with van der Waals surface area (Å²) in [6.07, 6.45) is 2.20. The maximum atomic E-state index is 11.5. The molecule has 0 atom stereocenters. The monoisotopic (exact) mass is 219 g/mol. The first-order valence-electron chi connectivity index (χ1n) is 5.71. The van der Waals surface area contributed by atoms with Gasteiger partial charge in [0.25, 0.3) is 5.91 Å². The van der Waals surface area contributed by atoms with Gasteiger partial charge < -0.3 is 10.6 Å². The van der Waals surface area contributed by atoms with E-state index in [1.165, 1.54) is 0 Å². The van der Waals surface area contributed by atoms with Gasteiger partial charge in [0.2, 0.25) is 0 Å². The molecule has 2 N–H and O–H groups in total. The number of rotatable bonds is 2. The van der Waals surface area contributed by atoms with Crippen LogP contribution in [-0.4, -0.2) is 31.0 Å². The smallest absolute Gasteiger partial charge is 0.269 e. The predicted molar refractivity (Wildman–Crippen MR) is 62.5 cm³/mol. The molecule has 4 nitrogen and oxygen atoms in total. The minimum absolute atomic E-state index is 0.115. The summed E-state index contributed by atoms with van der Waals surface area (Å²) in [4.78, 5) is 15.9. The highest BCUT2D eigenvalue weighted by Gasteiger charge is 2.17. The summed E-state index contributed by atoms with van der Waals surface area (Å²) in [6, 6.07) is 5.68. The molecule has 1 aromatic rings. The second-order valence-corrected chi connectivity index (χ2v) is 4.05. The second-order valence-electron chi connectivity index (χ2n) is 4.05. The summed E-state index contributed by atoms with van der Waals surface area (Å²) < 4.78 is 0. The maximum Gasteiger partial charge on any atom is 0.269 e. The molecule has 0 radical (unpaired) electrons. The Morgan fingerprint density at radius 2 is 2.19 bits per heavy atom. The van der Waals surface area contributed by atoms with Crippen molar-refractivity contribution in [3.63, 3.8) is 0 Å². The molecule has 0 unspecified atom stereocenters. The minimum atomic E-state index is -0.115. The van der Waals surface area contributed by atoms with Crippen LogP contribution in [0.2, 0.25) is 0 Å². The summed E-state index contributed by atoms with van der Waals surface area (Å²) in [5, 5.41) is 5.92. The molecule has 4 heteroatoms. The summed E-state index contributed by atoms with van der Waals surface area (Å²) in [5.74, 6) is 0.377. The van der Waals surface area contributed by atoms with E-state index in [4.69, 9.17) is 0 Å². The number of nitrogens with one attached hydrogen (secondary N) is 2. The molecule has 0 saturated carbocycles. The molecule has 1 aliphatic rings. The van der Waals surface area contributed by atoms with E-state index in [9.17, 15) is 4.79 Å². The van der Waals surface area contributed by atoms with E-state index in [2.05, 4.69) is 15.6 Å². The van der Waals surface area contributed by atoms with Crippen LogP contribution in [-0.2, 0) is 0 Å². The highest BCUT2D eigenvalue weighted by atomic mass is 16.1. The van der Waals surface area contributed by atoms with Gasteiger partial charge in [0.05, 0.1) is 0 Å². The first-order chi connectivity index (χ1) is 7.81. The Bertz CT molecular complexity index is 372. The van der Waals surface area contributed by atoms with Crippen molar-refractivity contribution in [1.29, 1.82) is 0 Å². The molecule has 86 valence electrons. The van der Waals surface area contributed by atoms with E-state index < -0.39 is 0 Å². The van der Waals surface area contributed by atoms with E-state index in [1.54, 1.807) is 13.1 Å². The highest BCUT2D eigenvalue weighted by Crippen LogP contribution is 2.23. The molecule has 0 spiro atoms. The van der Waals surface area contributed by atoms with Crippen molar-refractivity contribution in [3.05, 3.63) is 29.6 Å². The molecule has 2 rings (SSSR count). The zero-order valence-electron chi connectivity index (χ0n) is 9.49. The van der Waals surface area contributed by atoms with E-state index in [0.29, 0.717) is 11.6 Å². The average molecular weight is 219 g/mol. The van der Waals surface area contributed by atoms with Gasteiger partial charge in [-0.3, -0.25) is 4.79 Å². The van der Waals surface area contributed by atoms with Crippen LogP contribution in [0.3, 0.4) is 0 Å². The lowest BCUT2D eigenvalue weighted by atomic mass is 9.94. The van der Waals surface area contributed by atoms with E-state index in [1.807, 2.05) is 12.1 Å². The van der Waals surface area contributed by atoms with Gasteiger partial charge in [0.15, 0.2) is 0 Å². The lowest BCUT2D eigenvalue weighted by molar-refractivity contribution is 0.0958. The van der Waals surface area contributed by atoms with Gasteiger partial charge in [-0.2, -0.15) is 0 Å². The fourth-order valence-corrected chi connectivity index (χ4v) is 2.05. The molecule has 0 aromatic carbocycles. The summed E-state index contributed by atoms with van der Waals surface area (Å²) in [6.45, 7) is 2.08. The van der Waals surface area contributed by atoms with Gasteiger partial charge in [-0.15, -0.1) is 0 Å². The number of nitrogens with zero attached hydrogens (tertiary/aromatic N) is 1. The molecular weight excluding hydrogens is 202 g/mol. The van der Waals surface area contributed by atoms with Crippen LogP contribution in [0.25, 0.3) is 0 Å². The molecular formula is C12H17N3O.